The van der Waals surface area contributed by atoms with E-state index in [2.05, 4.69) is 5.32 Å². The molecule has 0 spiro atoms. The molecule has 1 aromatic rings. The van der Waals surface area contributed by atoms with Crippen molar-refractivity contribution in [3.8, 4) is 0 Å². The van der Waals surface area contributed by atoms with Crippen LogP contribution in [-0.2, 0) is 11.2 Å². The number of rotatable bonds is 6. The van der Waals surface area contributed by atoms with Crippen molar-refractivity contribution < 1.29 is 9.18 Å². The lowest BCUT2D eigenvalue weighted by Crippen LogP contribution is -2.36. The molecule has 0 radical (unpaired) electrons. The molecule has 0 saturated carbocycles. The van der Waals surface area contributed by atoms with Crippen LogP contribution >= 0.6 is 0 Å². The van der Waals surface area contributed by atoms with Crippen molar-refractivity contribution in [2.24, 2.45) is 5.73 Å². The SMILES string of the molecule is CN(C)[C@H](CN)Cc1ccc(NC=O)c(F)c1. The van der Waals surface area contributed by atoms with Crippen molar-refractivity contribution in [1.82, 2.24) is 4.90 Å². The molecule has 0 aromatic heterocycles. The van der Waals surface area contributed by atoms with Gasteiger partial charge in [0.25, 0.3) is 0 Å². The fraction of sp³-hybridized carbons (Fsp3) is 0.417. The molecule has 1 atom stereocenters. The van der Waals surface area contributed by atoms with Crippen LogP contribution < -0.4 is 11.1 Å². The minimum Gasteiger partial charge on any atom is -0.329 e. The molecular weight excluding hydrogens is 221 g/mol. The van der Waals surface area contributed by atoms with Gasteiger partial charge >= 0.3 is 0 Å². The molecule has 1 rings (SSSR count). The predicted octanol–water partition coefficient (Wildman–Crippen LogP) is 0.825. The maximum atomic E-state index is 13.5. The fourth-order valence-electron chi connectivity index (χ4n) is 1.61. The smallest absolute Gasteiger partial charge is 0.211 e. The Morgan fingerprint density at radius 3 is 2.71 bits per heavy atom. The fourth-order valence-corrected chi connectivity index (χ4v) is 1.61. The third-order valence-corrected chi connectivity index (χ3v) is 2.72. The molecule has 17 heavy (non-hydrogen) atoms. The van der Waals surface area contributed by atoms with Crippen LogP contribution in [0.15, 0.2) is 18.2 Å². The summed E-state index contributed by atoms with van der Waals surface area (Å²) in [4.78, 5) is 12.2. The lowest BCUT2D eigenvalue weighted by atomic mass is 10.0. The van der Waals surface area contributed by atoms with Crippen molar-refractivity contribution in [3.05, 3.63) is 29.6 Å². The van der Waals surface area contributed by atoms with E-state index in [1.165, 1.54) is 6.07 Å². The van der Waals surface area contributed by atoms with Crippen LogP contribution in [-0.4, -0.2) is 38.0 Å². The molecule has 0 saturated heterocycles. The first kappa shape index (κ1) is 13.6. The highest BCUT2D eigenvalue weighted by molar-refractivity contribution is 5.71. The van der Waals surface area contributed by atoms with Gasteiger partial charge in [-0.1, -0.05) is 6.07 Å². The van der Waals surface area contributed by atoms with Gasteiger partial charge in [0.15, 0.2) is 0 Å². The summed E-state index contributed by atoms with van der Waals surface area (Å²) in [6.07, 6.45) is 1.14. The number of anilines is 1. The van der Waals surface area contributed by atoms with Crippen LogP contribution in [0.3, 0.4) is 0 Å². The van der Waals surface area contributed by atoms with Gasteiger partial charge in [-0.2, -0.15) is 0 Å². The number of likely N-dealkylation sites (N-methyl/N-ethyl adjacent to an activating group) is 1. The van der Waals surface area contributed by atoms with E-state index < -0.39 is 5.82 Å². The Kier molecular flexibility index (Phi) is 5.06. The Balaban J connectivity index is 2.79. The molecule has 5 heteroatoms. The van der Waals surface area contributed by atoms with Crippen LogP contribution in [0.1, 0.15) is 5.56 Å². The number of halogens is 1. The maximum Gasteiger partial charge on any atom is 0.211 e. The van der Waals surface area contributed by atoms with E-state index in [0.717, 1.165) is 5.56 Å². The van der Waals surface area contributed by atoms with Crippen molar-refractivity contribution in [2.45, 2.75) is 12.5 Å². The quantitative estimate of drug-likeness (QED) is 0.723. The molecule has 0 unspecified atom stereocenters. The van der Waals surface area contributed by atoms with Crippen molar-refractivity contribution in [3.63, 3.8) is 0 Å². The minimum absolute atomic E-state index is 0.180. The lowest BCUT2D eigenvalue weighted by Gasteiger charge is -2.22. The molecule has 0 aliphatic rings. The maximum absolute atomic E-state index is 13.5. The third kappa shape index (κ3) is 3.80. The van der Waals surface area contributed by atoms with E-state index in [1.807, 2.05) is 19.0 Å². The third-order valence-electron chi connectivity index (χ3n) is 2.72. The van der Waals surface area contributed by atoms with Gasteiger partial charge in [-0.15, -0.1) is 0 Å². The summed E-state index contributed by atoms with van der Waals surface area (Å²) in [6, 6.07) is 4.96. The highest BCUT2D eigenvalue weighted by Crippen LogP contribution is 2.16. The normalized spacial score (nSPS) is 12.5. The second kappa shape index (κ2) is 6.32. The summed E-state index contributed by atoms with van der Waals surface area (Å²) < 4.78 is 13.5. The van der Waals surface area contributed by atoms with Gasteiger partial charge in [0.1, 0.15) is 5.82 Å². The first-order valence-corrected chi connectivity index (χ1v) is 5.43. The summed E-state index contributed by atoms with van der Waals surface area (Å²) in [6.45, 7) is 0.517. The molecule has 0 aliphatic heterocycles. The minimum atomic E-state index is -0.427. The molecule has 4 nitrogen and oxygen atoms in total. The van der Waals surface area contributed by atoms with Crippen molar-refractivity contribution in [2.75, 3.05) is 26.0 Å². The number of nitrogens with two attached hydrogens (primary N) is 1. The van der Waals surface area contributed by atoms with E-state index in [9.17, 15) is 9.18 Å². The molecule has 0 bridgehead atoms. The van der Waals surface area contributed by atoms with E-state index in [0.29, 0.717) is 19.4 Å². The van der Waals surface area contributed by atoms with E-state index in [-0.39, 0.29) is 11.7 Å². The molecule has 0 fully saturated rings. The topological polar surface area (TPSA) is 58.4 Å². The summed E-state index contributed by atoms with van der Waals surface area (Å²) in [5.41, 5.74) is 6.70. The monoisotopic (exact) mass is 239 g/mol. The zero-order valence-corrected chi connectivity index (χ0v) is 10.1. The van der Waals surface area contributed by atoms with Crippen molar-refractivity contribution >= 4 is 12.1 Å². The molecule has 1 amide bonds. The van der Waals surface area contributed by atoms with Gasteiger partial charge < -0.3 is 16.0 Å². The van der Waals surface area contributed by atoms with Crippen LogP contribution in [0.25, 0.3) is 0 Å². The molecule has 1 aromatic carbocycles. The number of hydrogen-bond donors (Lipinski definition) is 2. The van der Waals surface area contributed by atoms with E-state index in [1.54, 1.807) is 12.1 Å². The number of carbonyl (C=O) groups is 1. The Morgan fingerprint density at radius 2 is 2.24 bits per heavy atom. The highest BCUT2D eigenvalue weighted by Gasteiger charge is 2.11. The van der Waals surface area contributed by atoms with Gasteiger partial charge in [0.2, 0.25) is 6.41 Å². The van der Waals surface area contributed by atoms with Gasteiger partial charge in [-0.25, -0.2) is 4.39 Å². The Bertz CT molecular complexity index is 382. The molecular formula is C12H18FN3O. The number of amides is 1. The van der Waals surface area contributed by atoms with Gasteiger partial charge in [0, 0.05) is 12.6 Å². The average Bonchev–Trinajstić information content (AvgIpc) is 2.29. The second-order valence-corrected chi connectivity index (χ2v) is 4.13. The van der Waals surface area contributed by atoms with Gasteiger partial charge in [-0.05, 0) is 38.2 Å². The number of benzene rings is 1. The Labute approximate surface area is 101 Å². The molecule has 3 N–H and O–H groups in total. The largest absolute Gasteiger partial charge is 0.329 e. The number of nitrogens with zero attached hydrogens (tertiary/aromatic N) is 1. The summed E-state index contributed by atoms with van der Waals surface area (Å²) >= 11 is 0. The van der Waals surface area contributed by atoms with Crippen molar-refractivity contribution in [1.29, 1.82) is 0 Å². The van der Waals surface area contributed by atoms with Crippen LogP contribution in [0.4, 0.5) is 10.1 Å². The first-order chi connectivity index (χ1) is 8.08. The zero-order chi connectivity index (χ0) is 12.8. The second-order valence-electron chi connectivity index (χ2n) is 4.13. The van der Waals surface area contributed by atoms with Gasteiger partial charge in [0.05, 0.1) is 5.69 Å². The standard InChI is InChI=1S/C12H18FN3O/c1-16(2)10(7-14)5-9-3-4-12(15-8-17)11(13)6-9/h3-4,6,8,10H,5,7,14H2,1-2H3,(H,15,17)/t10-/m0/s1. The lowest BCUT2D eigenvalue weighted by molar-refractivity contribution is -0.105. The Morgan fingerprint density at radius 1 is 1.53 bits per heavy atom. The summed E-state index contributed by atoms with van der Waals surface area (Å²) in [5.74, 6) is -0.427. The Hall–Kier alpha value is -1.46. The predicted molar refractivity (Wildman–Crippen MR) is 66.3 cm³/mol. The summed E-state index contributed by atoms with van der Waals surface area (Å²) in [5, 5.41) is 2.30. The molecule has 94 valence electrons. The van der Waals surface area contributed by atoms with Gasteiger partial charge in [-0.3, -0.25) is 4.79 Å². The van der Waals surface area contributed by atoms with E-state index >= 15 is 0 Å². The molecule has 0 aliphatic carbocycles. The molecule has 0 heterocycles. The zero-order valence-electron chi connectivity index (χ0n) is 10.1. The number of nitrogens with one attached hydrogen (secondary N) is 1. The number of hydrogen-bond acceptors (Lipinski definition) is 3. The highest BCUT2D eigenvalue weighted by atomic mass is 19.1. The van der Waals surface area contributed by atoms with E-state index in [4.69, 9.17) is 5.73 Å². The summed E-state index contributed by atoms with van der Waals surface area (Å²) in [7, 11) is 3.88. The first-order valence-electron chi connectivity index (χ1n) is 5.43. The van der Waals surface area contributed by atoms with Crippen LogP contribution in [0.5, 0.6) is 0 Å². The average molecular weight is 239 g/mol. The number of carbonyl (C=O) groups excluding carboxylic acids is 1. The van der Waals surface area contributed by atoms with Crippen LogP contribution in [0, 0.1) is 5.82 Å². The van der Waals surface area contributed by atoms with Crippen LogP contribution in [0.2, 0.25) is 0 Å².